The summed E-state index contributed by atoms with van der Waals surface area (Å²) in [6, 6.07) is 7.02. The highest BCUT2D eigenvalue weighted by atomic mass is 32.2. The van der Waals surface area contributed by atoms with Crippen molar-refractivity contribution < 1.29 is 54.2 Å². The number of halogens is 7. The molecule has 15 heteroatoms. The number of nitrogens with zero attached hydrogens (tertiary/aromatic N) is 2. The third-order valence-corrected chi connectivity index (χ3v) is 8.87. The first-order chi connectivity index (χ1) is 19.5. The van der Waals surface area contributed by atoms with Gasteiger partial charge in [0.2, 0.25) is 0 Å². The number of aliphatic hydroxyl groups is 2. The molecule has 42 heavy (non-hydrogen) atoms. The molecule has 0 fully saturated rings. The number of alkyl halides is 6. The van der Waals surface area contributed by atoms with Crippen LogP contribution in [0.1, 0.15) is 35.2 Å². The molecule has 0 saturated heterocycles. The van der Waals surface area contributed by atoms with Crippen LogP contribution < -0.4 is 4.31 Å². The van der Waals surface area contributed by atoms with Crippen LogP contribution in [-0.2, 0) is 39.9 Å². The molecule has 2 heterocycles. The van der Waals surface area contributed by atoms with Crippen molar-refractivity contribution >= 4 is 21.5 Å². The van der Waals surface area contributed by atoms with E-state index in [0.29, 0.717) is 23.8 Å². The number of carbonyl (C=O) groups is 1. The van der Waals surface area contributed by atoms with Crippen LogP contribution in [0.5, 0.6) is 0 Å². The average molecular weight is 621 g/mol. The molecule has 4 rings (SSSR count). The zero-order valence-electron chi connectivity index (χ0n) is 21.5. The number of carbonyl (C=O) groups excluding carboxylic acids is 1. The highest BCUT2D eigenvalue weighted by Crippen LogP contribution is 2.51. The van der Waals surface area contributed by atoms with Gasteiger partial charge in [-0.1, -0.05) is 18.2 Å². The van der Waals surface area contributed by atoms with Crippen LogP contribution in [0.2, 0.25) is 0 Å². The van der Waals surface area contributed by atoms with Crippen molar-refractivity contribution in [2.75, 3.05) is 4.31 Å². The number of anilines is 1. The molecule has 2 N–H and O–H groups in total. The van der Waals surface area contributed by atoms with Crippen molar-refractivity contribution in [1.29, 1.82) is 0 Å². The second kappa shape index (κ2) is 11.3. The third-order valence-electron chi connectivity index (χ3n) is 6.99. The molecule has 1 aliphatic rings. The van der Waals surface area contributed by atoms with Gasteiger partial charge in [-0.2, -0.15) is 26.3 Å². The fraction of sp³-hybridized carbons (Fsp3) is 0.333. The van der Waals surface area contributed by atoms with Crippen molar-refractivity contribution in [2.24, 2.45) is 0 Å². The van der Waals surface area contributed by atoms with Crippen LogP contribution >= 0.6 is 0 Å². The van der Waals surface area contributed by atoms with Crippen molar-refractivity contribution in [3.8, 4) is 0 Å². The number of ketones is 1. The Morgan fingerprint density at radius 1 is 1.00 bits per heavy atom. The van der Waals surface area contributed by atoms with Crippen LogP contribution in [0.25, 0.3) is 0 Å². The Labute approximate surface area is 235 Å². The Morgan fingerprint density at radius 2 is 1.64 bits per heavy atom. The second-order valence-electron chi connectivity index (χ2n) is 9.68. The molecule has 1 aliphatic heterocycles. The summed E-state index contributed by atoms with van der Waals surface area (Å²) >= 11 is 0. The molecule has 0 bridgehead atoms. The summed E-state index contributed by atoms with van der Waals surface area (Å²) in [5.74, 6) is -1.27. The van der Waals surface area contributed by atoms with E-state index in [4.69, 9.17) is 0 Å². The summed E-state index contributed by atoms with van der Waals surface area (Å²) in [5, 5.41) is 19.4. The molecule has 0 aliphatic carbocycles. The molecule has 2 aromatic carbocycles. The van der Waals surface area contributed by atoms with Crippen LogP contribution in [0.4, 0.5) is 36.4 Å². The normalized spacial score (nSPS) is 16.3. The number of sulfonamides is 1. The van der Waals surface area contributed by atoms with Crippen molar-refractivity contribution in [2.45, 2.75) is 61.2 Å². The van der Waals surface area contributed by atoms with Gasteiger partial charge in [0.05, 0.1) is 28.9 Å². The van der Waals surface area contributed by atoms with E-state index in [0.717, 1.165) is 28.6 Å². The quantitative estimate of drug-likeness (QED) is 0.353. The first kappa shape index (κ1) is 31.4. The molecule has 0 radical (unpaired) electrons. The fourth-order valence-electron chi connectivity index (χ4n) is 4.88. The summed E-state index contributed by atoms with van der Waals surface area (Å²) in [6.07, 6.45) is -12.0. The van der Waals surface area contributed by atoms with Gasteiger partial charge in [0.1, 0.15) is 11.6 Å². The number of aryl methyl sites for hydroxylation is 1. The average Bonchev–Trinajstić information content (AvgIpc) is 2.91. The van der Waals surface area contributed by atoms with Gasteiger partial charge in [0, 0.05) is 24.6 Å². The maximum absolute atomic E-state index is 13.7. The number of rotatable bonds is 8. The standard InChI is InChI=1S/C27H23F7N2O5S/c28-19-5-8-22(9-6-19)42(40,41)36-20(13-21(38)14-23-17(15-37)2-1-11-35-23)7-3-16-12-18(4-10-24(16)36)25(39,26(29,30)31)27(32,33)34/h1-2,4-6,8-12,20,37,39H,3,7,13-15H2/t20-/m0/s1. The van der Waals surface area contributed by atoms with Crippen molar-refractivity contribution in [1.82, 2.24) is 4.98 Å². The summed E-state index contributed by atoms with van der Waals surface area (Å²) in [4.78, 5) is 16.7. The Morgan fingerprint density at radius 3 is 2.24 bits per heavy atom. The van der Waals surface area contributed by atoms with E-state index in [1.54, 1.807) is 12.1 Å². The molecular weight excluding hydrogens is 597 g/mol. The zero-order chi connectivity index (χ0) is 31.1. The number of pyridine rings is 1. The predicted molar refractivity (Wildman–Crippen MR) is 134 cm³/mol. The molecule has 1 aromatic heterocycles. The van der Waals surface area contributed by atoms with E-state index in [1.807, 2.05) is 0 Å². The monoisotopic (exact) mass is 620 g/mol. The van der Waals surface area contributed by atoms with Crippen LogP contribution in [0.15, 0.2) is 65.7 Å². The number of benzene rings is 2. The number of Topliss-reactive ketones (excluding diaryl/α,β-unsaturated/α-hetero) is 1. The largest absolute Gasteiger partial charge is 0.430 e. The molecule has 1 atom stereocenters. The number of aromatic nitrogens is 1. The molecule has 0 amide bonds. The van der Waals surface area contributed by atoms with E-state index >= 15 is 0 Å². The van der Waals surface area contributed by atoms with E-state index in [1.165, 1.54) is 6.20 Å². The molecule has 0 spiro atoms. The first-order valence-corrected chi connectivity index (χ1v) is 13.8. The van der Waals surface area contributed by atoms with Gasteiger partial charge in [-0.25, -0.2) is 12.8 Å². The predicted octanol–water partition coefficient (Wildman–Crippen LogP) is 4.74. The summed E-state index contributed by atoms with van der Waals surface area (Å²) < 4.78 is 123. The fourth-order valence-corrected chi connectivity index (χ4v) is 6.59. The van der Waals surface area contributed by atoms with Crippen molar-refractivity contribution in [3.63, 3.8) is 0 Å². The van der Waals surface area contributed by atoms with Gasteiger partial charge in [0.25, 0.3) is 15.6 Å². The van der Waals surface area contributed by atoms with E-state index in [9.17, 15) is 54.2 Å². The second-order valence-corrected chi connectivity index (χ2v) is 11.5. The highest BCUT2D eigenvalue weighted by Gasteiger charge is 2.71. The summed E-state index contributed by atoms with van der Waals surface area (Å²) in [6.45, 7) is -0.414. The maximum atomic E-state index is 13.7. The lowest BCUT2D eigenvalue weighted by Crippen LogP contribution is -2.54. The lowest BCUT2D eigenvalue weighted by Gasteiger charge is -2.39. The molecule has 0 saturated carbocycles. The topological polar surface area (TPSA) is 108 Å². The number of hydrogen-bond acceptors (Lipinski definition) is 6. The SMILES string of the molecule is O=C(Cc1ncccc1CO)C[C@@H]1CCc2cc(C(O)(C(F)(F)F)C(F)(F)F)ccc2N1S(=O)(=O)c1ccc(F)cc1. The van der Waals surface area contributed by atoms with Crippen LogP contribution in [0.3, 0.4) is 0 Å². The number of aliphatic hydroxyl groups excluding tert-OH is 1. The zero-order valence-corrected chi connectivity index (χ0v) is 22.3. The smallest absolute Gasteiger partial charge is 0.392 e. The van der Waals surface area contributed by atoms with Gasteiger partial charge >= 0.3 is 12.4 Å². The summed E-state index contributed by atoms with van der Waals surface area (Å²) in [5.41, 5.74) is -6.71. The molecule has 0 unspecified atom stereocenters. The maximum Gasteiger partial charge on any atom is 0.430 e. The lowest BCUT2D eigenvalue weighted by molar-refractivity contribution is -0.376. The van der Waals surface area contributed by atoms with Crippen LogP contribution in [-0.4, -0.2) is 47.8 Å². The van der Waals surface area contributed by atoms with Crippen molar-refractivity contribution in [3.05, 3.63) is 89.0 Å². The molecule has 226 valence electrons. The molecular formula is C27H23F7N2O5S. The Bertz CT molecular complexity index is 1560. The van der Waals surface area contributed by atoms with Gasteiger partial charge in [-0.3, -0.25) is 14.1 Å². The number of fused-ring (bicyclic) bond motifs is 1. The minimum absolute atomic E-state index is 0.186. The Balaban J connectivity index is 1.79. The van der Waals surface area contributed by atoms with Gasteiger partial charge in [-0.15, -0.1) is 0 Å². The minimum Gasteiger partial charge on any atom is -0.392 e. The lowest BCUT2D eigenvalue weighted by atomic mass is 9.87. The Kier molecular flexibility index (Phi) is 8.41. The van der Waals surface area contributed by atoms with E-state index in [-0.39, 0.29) is 36.2 Å². The van der Waals surface area contributed by atoms with Crippen LogP contribution in [0, 0.1) is 5.82 Å². The Hall–Kier alpha value is -3.56. The van der Waals surface area contributed by atoms with E-state index < -0.39 is 69.1 Å². The van der Waals surface area contributed by atoms with Gasteiger partial charge in [0.15, 0.2) is 0 Å². The molecule has 7 nitrogen and oxygen atoms in total. The van der Waals surface area contributed by atoms with E-state index in [2.05, 4.69) is 4.98 Å². The third kappa shape index (κ3) is 5.72. The van der Waals surface area contributed by atoms with Gasteiger partial charge < -0.3 is 10.2 Å². The summed E-state index contributed by atoms with van der Waals surface area (Å²) in [7, 11) is -4.63. The molecule has 3 aromatic rings. The highest BCUT2D eigenvalue weighted by molar-refractivity contribution is 7.92. The minimum atomic E-state index is -6.15. The van der Waals surface area contributed by atoms with Gasteiger partial charge in [-0.05, 0) is 60.4 Å². The first-order valence-electron chi connectivity index (χ1n) is 12.3. The number of hydrogen-bond donors (Lipinski definition) is 2.